The summed E-state index contributed by atoms with van der Waals surface area (Å²) < 4.78 is 15.6. The molecule has 1 aromatic heterocycles. The van der Waals surface area contributed by atoms with Gasteiger partial charge in [-0.2, -0.15) is 0 Å². The van der Waals surface area contributed by atoms with Gasteiger partial charge in [-0.15, -0.1) is 10.2 Å². The zero-order valence-corrected chi connectivity index (χ0v) is 11.2. The van der Waals surface area contributed by atoms with Crippen molar-refractivity contribution in [3.63, 3.8) is 0 Å². The molecule has 0 bridgehead atoms. The maximum atomic E-state index is 11.2. The van der Waals surface area contributed by atoms with E-state index in [-0.39, 0.29) is 11.8 Å². The Morgan fingerprint density at radius 2 is 2.11 bits per heavy atom. The first kappa shape index (κ1) is 12.6. The molecule has 0 saturated carbocycles. The van der Waals surface area contributed by atoms with Gasteiger partial charge in [0.15, 0.2) is 0 Å². The van der Waals surface area contributed by atoms with Crippen molar-refractivity contribution in [3.8, 4) is 17.2 Å². The van der Waals surface area contributed by atoms with Crippen LogP contribution in [0.4, 0.5) is 0 Å². The first-order valence-electron chi connectivity index (χ1n) is 4.91. The number of nitrogens with zero attached hydrogens (tertiary/aromatic N) is 2. The summed E-state index contributed by atoms with van der Waals surface area (Å²) in [6, 6.07) is 5.29. The minimum Gasteiger partial charge on any atom is -0.497 e. The Hall–Kier alpha value is -1.89. The average molecular weight is 313 g/mol. The highest BCUT2D eigenvalue weighted by Gasteiger charge is 2.18. The monoisotopic (exact) mass is 312 g/mol. The molecule has 0 fully saturated rings. The molecule has 1 heterocycles. The molecule has 7 heteroatoms. The molecular weight excluding hydrogens is 304 g/mol. The molecule has 0 unspecified atom stereocenters. The van der Waals surface area contributed by atoms with Gasteiger partial charge < -0.3 is 13.9 Å². The second kappa shape index (κ2) is 5.18. The summed E-state index contributed by atoms with van der Waals surface area (Å²) in [4.78, 5) is 11.2. The normalized spacial score (nSPS) is 10.2. The minimum atomic E-state index is -0.673. The number of hydrogen-bond acceptors (Lipinski definition) is 6. The van der Waals surface area contributed by atoms with Crippen LogP contribution >= 0.6 is 15.9 Å². The molecule has 0 N–H and O–H groups in total. The molecule has 0 radical (unpaired) electrons. The maximum absolute atomic E-state index is 11.2. The molecule has 1 aromatic carbocycles. The predicted octanol–water partition coefficient (Wildman–Crippen LogP) is 2.29. The Morgan fingerprint density at radius 1 is 1.33 bits per heavy atom. The summed E-state index contributed by atoms with van der Waals surface area (Å²) in [7, 11) is 2.80. The zero-order valence-electron chi connectivity index (χ0n) is 9.64. The Labute approximate surface area is 111 Å². The van der Waals surface area contributed by atoms with Crippen LogP contribution in [-0.2, 0) is 4.74 Å². The fraction of sp³-hybridized carbons (Fsp3) is 0.182. The molecule has 6 nitrogen and oxygen atoms in total. The molecule has 2 aromatic rings. The fourth-order valence-electron chi connectivity index (χ4n) is 1.30. The quantitative estimate of drug-likeness (QED) is 0.809. The predicted molar refractivity (Wildman–Crippen MR) is 65.3 cm³/mol. The first-order valence-corrected chi connectivity index (χ1v) is 5.70. The van der Waals surface area contributed by atoms with Gasteiger partial charge in [-0.1, -0.05) is 0 Å². The van der Waals surface area contributed by atoms with Crippen LogP contribution < -0.4 is 4.74 Å². The number of ether oxygens (including phenoxy) is 2. The second-order valence-electron chi connectivity index (χ2n) is 3.25. The van der Waals surface area contributed by atoms with Crippen molar-refractivity contribution < 1.29 is 18.7 Å². The van der Waals surface area contributed by atoms with Crippen LogP contribution in [0, 0.1) is 0 Å². The fourth-order valence-corrected chi connectivity index (χ4v) is 1.71. The van der Waals surface area contributed by atoms with Gasteiger partial charge in [-0.05, 0) is 34.1 Å². The van der Waals surface area contributed by atoms with Gasteiger partial charge in [0.2, 0.25) is 5.89 Å². The lowest BCUT2D eigenvalue weighted by Gasteiger charge is -2.03. The minimum absolute atomic E-state index is 0.192. The van der Waals surface area contributed by atoms with Crippen LogP contribution in [0.2, 0.25) is 0 Å². The van der Waals surface area contributed by atoms with Gasteiger partial charge in [0.1, 0.15) is 5.75 Å². The molecule has 0 saturated heterocycles. The van der Waals surface area contributed by atoms with Crippen LogP contribution in [0.25, 0.3) is 11.5 Å². The largest absolute Gasteiger partial charge is 0.497 e. The van der Waals surface area contributed by atoms with Gasteiger partial charge in [0.25, 0.3) is 0 Å². The number of carbonyl (C=O) groups is 1. The van der Waals surface area contributed by atoms with Crippen molar-refractivity contribution in [3.05, 3.63) is 28.6 Å². The number of hydrogen-bond donors (Lipinski definition) is 0. The molecule has 94 valence electrons. The Bertz CT molecular complexity index is 582. The third kappa shape index (κ3) is 2.35. The van der Waals surface area contributed by atoms with Crippen molar-refractivity contribution >= 4 is 21.9 Å². The molecule has 18 heavy (non-hydrogen) atoms. The van der Waals surface area contributed by atoms with E-state index in [1.165, 1.54) is 7.11 Å². The summed E-state index contributed by atoms with van der Waals surface area (Å²) in [5.74, 6) is -0.0119. The van der Waals surface area contributed by atoms with Crippen LogP contribution in [0.3, 0.4) is 0 Å². The van der Waals surface area contributed by atoms with E-state index in [0.717, 1.165) is 4.47 Å². The average Bonchev–Trinajstić information content (AvgIpc) is 2.88. The molecule has 0 spiro atoms. The van der Waals surface area contributed by atoms with E-state index >= 15 is 0 Å². The van der Waals surface area contributed by atoms with E-state index in [9.17, 15) is 4.79 Å². The first-order chi connectivity index (χ1) is 8.65. The van der Waals surface area contributed by atoms with Crippen molar-refractivity contribution in [2.24, 2.45) is 0 Å². The van der Waals surface area contributed by atoms with E-state index < -0.39 is 5.97 Å². The van der Waals surface area contributed by atoms with Crippen LogP contribution in [0.1, 0.15) is 10.7 Å². The molecule has 2 rings (SSSR count). The highest BCUT2D eigenvalue weighted by molar-refractivity contribution is 9.10. The lowest BCUT2D eigenvalue weighted by Crippen LogP contribution is -2.00. The van der Waals surface area contributed by atoms with Crippen molar-refractivity contribution in [2.45, 2.75) is 0 Å². The Balaban J connectivity index is 2.42. The third-order valence-electron chi connectivity index (χ3n) is 2.19. The van der Waals surface area contributed by atoms with Gasteiger partial charge in [-0.25, -0.2) is 4.79 Å². The molecule has 0 amide bonds. The van der Waals surface area contributed by atoms with Crippen LogP contribution in [-0.4, -0.2) is 30.4 Å². The van der Waals surface area contributed by atoms with E-state index in [1.807, 2.05) is 0 Å². The highest BCUT2D eigenvalue weighted by Crippen LogP contribution is 2.30. The molecule has 0 aliphatic rings. The summed E-state index contributed by atoms with van der Waals surface area (Å²) >= 11 is 3.36. The van der Waals surface area contributed by atoms with Gasteiger partial charge in [-0.3, -0.25) is 0 Å². The highest BCUT2D eigenvalue weighted by atomic mass is 79.9. The van der Waals surface area contributed by atoms with E-state index in [4.69, 9.17) is 9.15 Å². The number of benzene rings is 1. The molecular formula is C11H9BrN2O4. The number of halogens is 1. The van der Waals surface area contributed by atoms with Crippen molar-refractivity contribution in [1.82, 2.24) is 10.2 Å². The lowest BCUT2D eigenvalue weighted by atomic mass is 10.2. The smallest absolute Gasteiger partial charge is 0.396 e. The molecule has 0 aliphatic carbocycles. The van der Waals surface area contributed by atoms with Crippen LogP contribution in [0.15, 0.2) is 27.1 Å². The summed E-state index contributed by atoms with van der Waals surface area (Å²) in [5.41, 5.74) is 0.636. The van der Waals surface area contributed by atoms with Gasteiger partial charge in [0.05, 0.1) is 19.8 Å². The zero-order chi connectivity index (χ0) is 13.1. The standard InChI is InChI=1S/C11H9BrN2O4/c1-16-6-3-4-8(12)7(5-6)9-13-14-10(18-9)11(15)17-2/h3-5H,1-2H3. The SMILES string of the molecule is COC(=O)c1nnc(-c2cc(OC)ccc2Br)o1. The maximum Gasteiger partial charge on any atom is 0.396 e. The van der Waals surface area contributed by atoms with Gasteiger partial charge in [0, 0.05) is 4.47 Å². The second-order valence-corrected chi connectivity index (χ2v) is 4.10. The van der Waals surface area contributed by atoms with Crippen molar-refractivity contribution in [2.75, 3.05) is 14.2 Å². The van der Waals surface area contributed by atoms with E-state index in [0.29, 0.717) is 11.3 Å². The van der Waals surface area contributed by atoms with Gasteiger partial charge >= 0.3 is 11.9 Å². The third-order valence-corrected chi connectivity index (χ3v) is 2.88. The number of aromatic nitrogens is 2. The Kier molecular flexibility index (Phi) is 3.61. The number of rotatable bonds is 3. The van der Waals surface area contributed by atoms with Crippen LogP contribution in [0.5, 0.6) is 5.75 Å². The number of esters is 1. The summed E-state index contributed by atoms with van der Waals surface area (Å²) in [5, 5.41) is 7.40. The summed E-state index contributed by atoms with van der Waals surface area (Å²) in [6.45, 7) is 0. The lowest BCUT2D eigenvalue weighted by molar-refractivity contribution is 0.0556. The summed E-state index contributed by atoms with van der Waals surface area (Å²) in [6.07, 6.45) is 0. The van der Waals surface area contributed by atoms with Crippen molar-refractivity contribution in [1.29, 1.82) is 0 Å². The molecule has 0 atom stereocenters. The number of methoxy groups -OCH3 is 2. The number of carbonyl (C=O) groups excluding carboxylic acids is 1. The van der Waals surface area contributed by atoms with E-state index in [2.05, 4.69) is 30.9 Å². The van der Waals surface area contributed by atoms with E-state index in [1.54, 1.807) is 25.3 Å². The Morgan fingerprint density at radius 3 is 2.78 bits per heavy atom. The molecule has 0 aliphatic heterocycles. The topological polar surface area (TPSA) is 74.5 Å².